The van der Waals surface area contributed by atoms with Crippen LogP contribution in [0.2, 0.25) is 0 Å². The topological polar surface area (TPSA) is 30.5 Å². The van der Waals surface area contributed by atoms with Crippen molar-refractivity contribution in [2.75, 3.05) is 19.5 Å². The van der Waals surface area contributed by atoms with Gasteiger partial charge >= 0.3 is 0 Å². The zero-order valence-electron chi connectivity index (χ0n) is 16.1. The molecule has 0 aliphatic heterocycles. The van der Waals surface area contributed by atoms with Crippen LogP contribution in [0.5, 0.6) is 11.5 Å². The van der Waals surface area contributed by atoms with E-state index in [0.29, 0.717) is 6.54 Å². The molecule has 1 N–H and O–H groups in total. The number of rotatable bonds is 6. The second-order valence-electron chi connectivity index (χ2n) is 6.60. The SMILES string of the molecule is COc1ccc(-c2ccccc2)cc1NCc1c(OC)ccc2ccccc12. The summed E-state index contributed by atoms with van der Waals surface area (Å²) in [6.45, 7) is 0.638. The van der Waals surface area contributed by atoms with Crippen LogP contribution >= 0.6 is 0 Å². The first-order valence-electron chi connectivity index (χ1n) is 9.32. The Hall–Kier alpha value is -3.46. The molecule has 0 aromatic heterocycles. The van der Waals surface area contributed by atoms with Gasteiger partial charge in [-0.3, -0.25) is 0 Å². The smallest absolute Gasteiger partial charge is 0.141 e. The molecule has 0 heterocycles. The zero-order chi connectivity index (χ0) is 19.3. The lowest BCUT2D eigenvalue weighted by atomic mass is 10.0. The summed E-state index contributed by atoms with van der Waals surface area (Å²) in [5, 5.41) is 5.94. The van der Waals surface area contributed by atoms with E-state index in [0.717, 1.165) is 28.3 Å². The van der Waals surface area contributed by atoms with Gasteiger partial charge in [-0.15, -0.1) is 0 Å². The molecule has 0 atom stereocenters. The lowest BCUT2D eigenvalue weighted by molar-refractivity contribution is 0.410. The number of fused-ring (bicyclic) bond motifs is 1. The number of hydrogen-bond donors (Lipinski definition) is 1. The van der Waals surface area contributed by atoms with Crippen molar-refractivity contribution in [3.63, 3.8) is 0 Å². The van der Waals surface area contributed by atoms with Crippen LogP contribution in [-0.2, 0) is 6.54 Å². The molecule has 0 spiro atoms. The molecule has 4 aromatic carbocycles. The Bertz CT molecular complexity index is 1090. The summed E-state index contributed by atoms with van der Waals surface area (Å²) in [5.74, 6) is 1.70. The number of hydrogen-bond acceptors (Lipinski definition) is 3. The van der Waals surface area contributed by atoms with Crippen LogP contribution < -0.4 is 14.8 Å². The number of benzene rings is 4. The summed E-state index contributed by atoms with van der Waals surface area (Å²) in [5.41, 5.74) is 4.41. The lowest BCUT2D eigenvalue weighted by Gasteiger charge is -2.16. The van der Waals surface area contributed by atoms with Crippen LogP contribution in [0.15, 0.2) is 84.9 Å². The molecule has 0 saturated heterocycles. The molecule has 140 valence electrons. The Morgan fingerprint density at radius 1 is 0.679 bits per heavy atom. The Morgan fingerprint density at radius 3 is 2.18 bits per heavy atom. The third kappa shape index (κ3) is 3.52. The Labute approximate surface area is 165 Å². The quantitative estimate of drug-likeness (QED) is 0.443. The second kappa shape index (κ2) is 8.05. The van der Waals surface area contributed by atoms with Gasteiger partial charge in [-0.25, -0.2) is 0 Å². The van der Waals surface area contributed by atoms with Gasteiger partial charge in [0.2, 0.25) is 0 Å². The molecule has 4 rings (SSSR count). The minimum Gasteiger partial charge on any atom is -0.496 e. The van der Waals surface area contributed by atoms with Gasteiger partial charge in [0.25, 0.3) is 0 Å². The number of anilines is 1. The van der Waals surface area contributed by atoms with Gasteiger partial charge in [-0.2, -0.15) is 0 Å². The van der Waals surface area contributed by atoms with Crippen LogP contribution in [0, 0.1) is 0 Å². The van der Waals surface area contributed by atoms with Crippen LogP contribution in [0.3, 0.4) is 0 Å². The van der Waals surface area contributed by atoms with Crippen molar-refractivity contribution in [3.8, 4) is 22.6 Å². The van der Waals surface area contributed by atoms with Gasteiger partial charge in [-0.1, -0.05) is 66.7 Å². The average Bonchev–Trinajstić information content (AvgIpc) is 2.77. The predicted octanol–water partition coefficient (Wildman–Crippen LogP) is 6.14. The monoisotopic (exact) mass is 369 g/mol. The first-order valence-corrected chi connectivity index (χ1v) is 9.32. The summed E-state index contributed by atoms with van der Waals surface area (Å²) < 4.78 is 11.2. The van der Waals surface area contributed by atoms with E-state index in [1.165, 1.54) is 16.3 Å². The van der Waals surface area contributed by atoms with E-state index in [1.807, 2.05) is 30.3 Å². The van der Waals surface area contributed by atoms with E-state index in [4.69, 9.17) is 9.47 Å². The zero-order valence-corrected chi connectivity index (χ0v) is 16.1. The maximum absolute atomic E-state index is 5.62. The highest BCUT2D eigenvalue weighted by Crippen LogP contribution is 2.33. The fourth-order valence-electron chi connectivity index (χ4n) is 3.53. The normalized spacial score (nSPS) is 10.6. The standard InChI is InChI=1S/C25H23NO2/c1-27-24-14-12-19-10-6-7-11-21(19)22(24)17-26-23-16-20(13-15-25(23)28-2)18-8-4-3-5-9-18/h3-16,26H,17H2,1-2H3. The molecule has 4 aromatic rings. The summed E-state index contributed by atoms with van der Waals surface area (Å²) in [4.78, 5) is 0. The van der Waals surface area contributed by atoms with E-state index in [2.05, 4.69) is 59.9 Å². The van der Waals surface area contributed by atoms with E-state index < -0.39 is 0 Å². The number of methoxy groups -OCH3 is 2. The molecule has 0 bridgehead atoms. The summed E-state index contributed by atoms with van der Waals surface area (Å²) in [6.07, 6.45) is 0. The maximum atomic E-state index is 5.62. The van der Waals surface area contributed by atoms with Gasteiger partial charge in [0.05, 0.1) is 19.9 Å². The van der Waals surface area contributed by atoms with Crippen molar-refractivity contribution in [2.24, 2.45) is 0 Å². The third-order valence-electron chi connectivity index (χ3n) is 4.98. The van der Waals surface area contributed by atoms with E-state index in [-0.39, 0.29) is 0 Å². The van der Waals surface area contributed by atoms with E-state index >= 15 is 0 Å². The summed E-state index contributed by atoms with van der Waals surface area (Å²) >= 11 is 0. The van der Waals surface area contributed by atoms with Crippen molar-refractivity contribution in [2.45, 2.75) is 6.54 Å². The summed E-state index contributed by atoms with van der Waals surface area (Å²) in [6, 6.07) is 29.0. The highest BCUT2D eigenvalue weighted by molar-refractivity contribution is 5.88. The average molecular weight is 369 g/mol. The molecule has 3 heteroatoms. The molecular weight excluding hydrogens is 346 g/mol. The lowest BCUT2D eigenvalue weighted by Crippen LogP contribution is -2.04. The molecule has 0 unspecified atom stereocenters. The molecule has 0 fully saturated rings. The van der Waals surface area contributed by atoms with Crippen molar-refractivity contribution < 1.29 is 9.47 Å². The Morgan fingerprint density at radius 2 is 1.39 bits per heavy atom. The maximum Gasteiger partial charge on any atom is 0.141 e. The molecule has 0 radical (unpaired) electrons. The Kier molecular flexibility index (Phi) is 5.16. The van der Waals surface area contributed by atoms with Gasteiger partial charge in [0.15, 0.2) is 0 Å². The molecule has 0 saturated carbocycles. The summed E-state index contributed by atoms with van der Waals surface area (Å²) in [7, 11) is 3.41. The van der Waals surface area contributed by atoms with Crippen LogP contribution in [0.25, 0.3) is 21.9 Å². The minimum absolute atomic E-state index is 0.638. The predicted molar refractivity (Wildman–Crippen MR) is 116 cm³/mol. The van der Waals surface area contributed by atoms with Crippen molar-refractivity contribution in [1.29, 1.82) is 0 Å². The highest BCUT2D eigenvalue weighted by Gasteiger charge is 2.11. The number of ether oxygens (including phenoxy) is 2. The van der Waals surface area contributed by atoms with Gasteiger partial charge < -0.3 is 14.8 Å². The fourth-order valence-corrected chi connectivity index (χ4v) is 3.53. The molecule has 28 heavy (non-hydrogen) atoms. The molecule has 0 aliphatic carbocycles. The van der Waals surface area contributed by atoms with Crippen molar-refractivity contribution >= 4 is 16.5 Å². The second-order valence-corrected chi connectivity index (χ2v) is 6.60. The molecular formula is C25H23NO2. The van der Waals surface area contributed by atoms with Crippen LogP contribution in [-0.4, -0.2) is 14.2 Å². The van der Waals surface area contributed by atoms with Crippen molar-refractivity contribution in [1.82, 2.24) is 0 Å². The Balaban J connectivity index is 1.69. The van der Waals surface area contributed by atoms with Gasteiger partial charge in [0.1, 0.15) is 11.5 Å². The fraction of sp³-hybridized carbons (Fsp3) is 0.120. The van der Waals surface area contributed by atoms with Gasteiger partial charge in [-0.05, 0) is 40.1 Å². The first kappa shape index (κ1) is 17.9. The molecule has 3 nitrogen and oxygen atoms in total. The van der Waals surface area contributed by atoms with Crippen LogP contribution in [0.4, 0.5) is 5.69 Å². The molecule has 0 aliphatic rings. The first-order chi connectivity index (χ1) is 13.8. The van der Waals surface area contributed by atoms with Crippen molar-refractivity contribution in [3.05, 3.63) is 90.5 Å². The van der Waals surface area contributed by atoms with E-state index in [1.54, 1.807) is 14.2 Å². The molecule has 0 amide bonds. The largest absolute Gasteiger partial charge is 0.496 e. The van der Waals surface area contributed by atoms with E-state index in [9.17, 15) is 0 Å². The third-order valence-corrected chi connectivity index (χ3v) is 4.98. The minimum atomic E-state index is 0.638. The van der Waals surface area contributed by atoms with Crippen LogP contribution in [0.1, 0.15) is 5.56 Å². The number of nitrogens with one attached hydrogen (secondary N) is 1. The van der Waals surface area contributed by atoms with Gasteiger partial charge in [0, 0.05) is 12.1 Å². The highest BCUT2D eigenvalue weighted by atomic mass is 16.5.